The average Bonchev–Trinajstić information content (AvgIpc) is 2.74. The predicted molar refractivity (Wildman–Crippen MR) is 85.3 cm³/mol. The molecule has 0 saturated heterocycles. The highest BCUT2D eigenvalue weighted by molar-refractivity contribution is 9.10. The summed E-state index contributed by atoms with van der Waals surface area (Å²) in [4.78, 5) is 14.2. The molecular weight excluding hydrogens is 322 g/mol. The molecule has 0 atom stereocenters. The molecule has 0 fully saturated rings. The van der Waals surface area contributed by atoms with Gasteiger partial charge in [-0.2, -0.15) is 0 Å². The minimum absolute atomic E-state index is 0.0441. The minimum atomic E-state index is -0.0441. The molecule has 1 aromatic heterocycles. The third kappa shape index (κ3) is 3.25. The van der Waals surface area contributed by atoms with E-state index in [1.54, 1.807) is 11.3 Å². The third-order valence-corrected chi connectivity index (χ3v) is 4.75. The molecule has 0 aliphatic heterocycles. The van der Waals surface area contributed by atoms with Crippen LogP contribution in [0.3, 0.4) is 0 Å². The molecule has 19 heavy (non-hydrogen) atoms. The van der Waals surface area contributed by atoms with Gasteiger partial charge in [-0.05, 0) is 65.5 Å². The third-order valence-electron chi connectivity index (χ3n) is 3.00. The summed E-state index contributed by atoms with van der Waals surface area (Å²) in [6.45, 7) is 6.18. The summed E-state index contributed by atoms with van der Waals surface area (Å²) in [5, 5.41) is 2.94. The Bertz CT molecular complexity index is 619. The van der Waals surface area contributed by atoms with Crippen LogP contribution in [0.15, 0.2) is 28.7 Å². The minimum Gasteiger partial charge on any atom is -0.320 e. The Balaban J connectivity index is 2.20. The largest absolute Gasteiger partial charge is 0.320 e. The normalized spacial score (nSPS) is 10.5. The lowest BCUT2D eigenvalue weighted by Crippen LogP contribution is -2.10. The van der Waals surface area contributed by atoms with Gasteiger partial charge >= 0.3 is 0 Å². The van der Waals surface area contributed by atoms with Crippen LogP contribution >= 0.6 is 27.3 Å². The second-order valence-corrected chi connectivity index (χ2v) is 6.59. The molecule has 1 N–H and O–H groups in total. The molecule has 1 amide bonds. The number of rotatable bonds is 3. The van der Waals surface area contributed by atoms with Crippen molar-refractivity contribution in [3.8, 4) is 0 Å². The van der Waals surface area contributed by atoms with Crippen molar-refractivity contribution in [1.29, 1.82) is 0 Å². The van der Waals surface area contributed by atoms with Gasteiger partial charge in [-0.25, -0.2) is 0 Å². The van der Waals surface area contributed by atoms with E-state index in [0.29, 0.717) is 0 Å². The molecule has 2 rings (SSSR count). The summed E-state index contributed by atoms with van der Waals surface area (Å²) >= 11 is 5.02. The predicted octanol–water partition coefficient (Wildman–Crippen LogP) is 4.94. The Kier molecular flexibility index (Phi) is 4.42. The molecule has 0 bridgehead atoms. The maximum atomic E-state index is 12.2. The van der Waals surface area contributed by atoms with Crippen LogP contribution in [0.25, 0.3) is 0 Å². The van der Waals surface area contributed by atoms with Crippen LogP contribution in [0.2, 0.25) is 0 Å². The molecule has 1 heterocycles. The van der Waals surface area contributed by atoms with E-state index in [1.807, 2.05) is 31.2 Å². The summed E-state index contributed by atoms with van der Waals surface area (Å²) in [5.41, 5.74) is 3.21. The summed E-state index contributed by atoms with van der Waals surface area (Å²) in [7, 11) is 0. The van der Waals surface area contributed by atoms with Gasteiger partial charge in [0, 0.05) is 9.35 Å². The maximum Gasteiger partial charge on any atom is 0.265 e. The first-order valence-electron chi connectivity index (χ1n) is 6.18. The monoisotopic (exact) mass is 337 g/mol. The van der Waals surface area contributed by atoms with Gasteiger partial charge in [0.15, 0.2) is 0 Å². The number of halogens is 1. The fraction of sp³-hybridized carbons (Fsp3) is 0.267. The van der Waals surface area contributed by atoms with Crippen LogP contribution in [0.1, 0.15) is 32.6 Å². The summed E-state index contributed by atoms with van der Waals surface area (Å²) < 4.78 is 0.907. The lowest BCUT2D eigenvalue weighted by atomic mass is 10.2. The van der Waals surface area contributed by atoms with E-state index < -0.39 is 0 Å². The second kappa shape index (κ2) is 5.88. The molecule has 0 aliphatic carbocycles. The maximum absolute atomic E-state index is 12.2. The number of carbonyl (C=O) groups excluding carboxylic acids is 1. The molecule has 0 radical (unpaired) electrons. The van der Waals surface area contributed by atoms with E-state index >= 15 is 0 Å². The second-order valence-electron chi connectivity index (χ2n) is 4.48. The molecule has 0 saturated carbocycles. The standard InChI is InChI=1S/C15H16BrNOS/c1-4-11-8-14(19-10(11)3)15(18)17-13-6-5-9(2)7-12(13)16/h5-8H,4H2,1-3H3,(H,17,18). The van der Waals surface area contributed by atoms with Crippen molar-refractivity contribution in [2.75, 3.05) is 5.32 Å². The molecule has 4 heteroatoms. The summed E-state index contributed by atoms with van der Waals surface area (Å²) in [6, 6.07) is 7.88. The van der Waals surface area contributed by atoms with E-state index in [2.05, 4.69) is 35.1 Å². The number of nitrogens with one attached hydrogen (secondary N) is 1. The zero-order valence-corrected chi connectivity index (χ0v) is 13.6. The van der Waals surface area contributed by atoms with E-state index in [1.165, 1.54) is 10.4 Å². The number of hydrogen-bond acceptors (Lipinski definition) is 2. The van der Waals surface area contributed by atoms with Crippen molar-refractivity contribution in [2.45, 2.75) is 27.2 Å². The first kappa shape index (κ1) is 14.3. The Morgan fingerprint density at radius 2 is 2.05 bits per heavy atom. The van der Waals surface area contributed by atoms with Crippen LogP contribution < -0.4 is 5.32 Å². The number of benzene rings is 1. The van der Waals surface area contributed by atoms with Gasteiger partial charge in [0.05, 0.1) is 10.6 Å². The van der Waals surface area contributed by atoms with E-state index in [4.69, 9.17) is 0 Å². The SMILES string of the molecule is CCc1cc(C(=O)Nc2ccc(C)cc2Br)sc1C. The van der Waals surface area contributed by atoms with Gasteiger partial charge in [-0.3, -0.25) is 4.79 Å². The Morgan fingerprint density at radius 3 is 2.63 bits per heavy atom. The fourth-order valence-electron chi connectivity index (χ4n) is 1.89. The van der Waals surface area contributed by atoms with Crippen LogP contribution in [0.5, 0.6) is 0 Å². The van der Waals surface area contributed by atoms with Crippen LogP contribution in [-0.2, 0) is 6.42 Å². The zero-order valence-electron chi connectivity index (χ0n) is 11.2. The summed E-state index contributed by atoms with van der Waals surface area (Å²) in [5.74, 6) is -0.0441. The lowest BCUT2D eigenvalue weighted by Gasteiger charge is -2.06. The Morgan fingerprint density at radius 1 is 1.32 bits per heavy atom. The van der Waals surface area contributed by atoms with Crippen molar-refractivity contribution in [3.05, 3.63) is 49.6 Å². The van der Waals surface area contributed by atoms with Crippen LogP contribution in [0.4, 0.5) is 5.69 Å². The molecular formula is C15H16BrNOS. The van der Waals surface area contributed by atoms with Gasteiger partial charge in [-0.1, -0.05) is 13.0 Å². The van der Waals surface area contributed by atoms with E-state index in [9.17, 15) is 4.79 Å². The van der Waals surface area contributed by atoms with Crippen molar-refractivity contribution in [2.24, 2.45) is 0 Å². The molecule has 1 aromatic carbocycles. The zero-order chi connectivity index (χ0) is 14.0. The van der Waals surface area contributed by atoms with Crippen molar-refractivity contribution in [1.82, 2.24) is 0 Å². The van der Waals surface area contributed by atoms with Gasteiger partial charge in [-0.15, -0.1) is 11.3 Å². The van der Waals surface area contributed by atoms with Crippen molar-refractivity contribution in [3.63, 3.8) is 0 Å². The first-order valence-corrected chi connectivity index (χ1v) is 7.79. The van der Waals surface area contributed by atoms with Gasteiger partial charge in [0.1, 0.15) is 0 Å². The molecule has 2 aromatic rings. The number of aryl methyl sites for hydroxylation is 3. The van der Waals surface area contributed by atoms with Crippen LogP contribution in [0, 0.1) is 13.8 Å². The highest BCUT2D eigenvalue weighted by Crippen LogP contribution is 2.26. The summed E-state index contributed by atoms with van der Waals surface area (Å²) in [6.07, 6.45) is 0.962. The van der Waals surface area contributed by atoms with Gasteiger partial charge < -0.3 is 5.32 Å². The van der Waals surface area contributed by atoms with Gasteiger partial charge in [0.25, 0.3) is 5.91 Å². The van der Waals surface area contributed by atoms with Crippen LogP contribution in [-0.4, -0.2) is 5.91 Å². The number of anilines is 1. The Labute approximate surface area is 126 Å². The molecule has 100 valence electrons. The number of hydrogen-bond donors (Lipinski definition) is 1. The highest BCUT2D eigenvalue weighted by atomic mass is 79.9. The number of thiophene rings is 1. The number of amides is 1. The lowest BCUT2D eigenvalue weighted by molar-refractivity contribution is 0.103. The molecule has 0 unspecified atom stereocenters. The Hall–Kier alpha value is -1.13. The van der Waals surface area contributed by atoms with Crippen molar-refractivity contribution >= 4 is 38.9 Å². The smallest absolute Gasteiger partial charge is 0.265 e. The molecule has 0 aliphatic rings. The number of carbonyl (C=O) groups is 1. The van der Waals surface area contributed by atoms with E-state index in [-0.39, 0.29) is 5.91 Å². The quantitative estimate of drug-likeness (QED) is 0.844. The average molecular weight is 338 g/mol. The van der Waals surface area contributed by atoms with Gasteiger partial charge in [0.2, 0.25) is 0 Å². The highest BCUT2D eigenvalue weighted by Gasteiger charge is 2.13. The first-order chi connectivity index (χ1) is 9.01. The van der Waals surface area contributed by atoms with Crippen molar-refractivity contribution < 1.29 is 4.79 Å². The fourth-order valence-corrected chi connectivity index (χ4v) is 3.49. The van der Waals surface area contributed by atoms with E-state index in [0.717, 1.165) is 27.0 Å². The topological polar surface area (TPSA) is 29.1 Å². The molecule has 2 nitrogen and oxygen atoms in total. The molecule has 0 spiro atoms.